The molecule has 0 radical (unpaired) electrons. The topological polar surface area (TPSA) is 29.5 Å². The van der Waals surface area contributed by atoms with Gasteiger partial charge in [0, 0.05) is 19.3 Å². The highest BCUT2D eigenvalue weighted by Gasteiger charge is 2.37. The van der Waals surface area contributed by atoms with Gasteiger partial charge in [-0.15, -0.1) is 0 Å². The van der Waals surface area contributed by atoms with Crippen molar-refractivity contribution in [2.45, 2.75) is 50.9 Å². The second-order valence-corrected chi connectivity index (χ2v) is 6.06. The standard InChI is InChI=1S/C14H18Cl2O2/c1-9-6-14(17,7-10(2)18-9)8-11-4-3-5-12(15)13(11)16/h3-5,9-10,17H,6-8H2,1-2H3. The molecule has 1 aliphatic heterocycles. The number of ether oxygens (including phenoxy) is 1. The fourth-order valence-electron chi connectivity index (χ4n) is 2.83. The third-order valence-corrected chi connectivity index (χ3v) is 4.21. The summed E-state index contributed by atoms with van der Waals surface area (Å²) >= 11 is 12.2. The first kappa shape index (κ1) is 14.1. The van der Waals surface area contributed by atoms with E-state index in [1.54, 1.807) is 6.07 Å². The predicted molar refractivity (Wildman–Crippen MR) is 74.4 cm³/mol. The summed E-state index contributed by atoms with van der Waals surface area (Å²) in [5.41, 5.74) is 0.138. The summed E-state index contributed by atoms with van der Waals surface area (Å²) in [4.78, 5) is 0. The monoisotopic (exact) mass is 288 g/mol. The van der Waals surface area contributed by atoms with Crippen molar-refractivity contribution < 1.29 is 9.84 Å². The molecule has 0 bridgehead atoms. The van der Waals surface area contributed by atoms with Gasteiger partial charge in [-0.3, -0.25) is 0 Å². The van der Waals surface area contributed by atoms with E-state index in [9.17, 15) is 5.11 Å². The molecule has 0 aliphatic carbocycles. The van der Waals surface area contributed by atoms with Crippen LogP contribution in [0.15, 0.2) is 18.2 Å². The van der Waals surface area contributed by atoms with E-state index < -0.39 is 5.60 Å². The van der Waals surface area contributed by atoms with Crippen LogP contribution >= 0.6 is 23.2 Å². The molecule has 1 aliphatic rings. The number of hydrogen-bond acceptors (Lipinski definition) is 2. The molecule has 2 atom stereocenters. The van der Waals surface area contributed by atoms with Gasteiger partial charge >= 0.3 is 0 Å². The van der Waals surface area contributed by atoms with Crippen molar-refractivity contribution in [1.82, 2.24) is 0 Å². The molecule has 4 heteroatoms. The van der Waals surface area contributed by atoms with Gasteiger partial charge in [0.15, 0.2) is 0 Å². The largest absolute Gasteiger partial charge is 0.389 e. The van der Waals surface area contributed by atoms with Crippen LogP contribution in [0.3, 0.4) is 0 Å². The molecule has 0 spiro atoms. The Morgan fingerprint density at radius 1 is 1.28 bits per heavy atom. The van der Waals surface area contributed by atoms with Crippen LogP contribution in [0.4, 0.5) is 0 Å². The molecule has 1 fully saturated rings. The summed E-state index contributed by atoms with van der Waals surface area (Å²) in [6.07, 6.45) is 1.90. The van der Waals surface area contributed by atoms with E-state index in [0.717, 1.165) is 5.56 Å². The molecular weight excluding hydrogens is 271 g/mol. The molecule has 2 rings (SSSR count). The minimum atomic E-state index is -0.759. The summed E-state index contributed by atoms with van der Waals surface area (Å²) in [5.74, 6) is 0. The fraction of sp³-hybridized carbons (Fsp3) is 0.571. The molecule has 18 heavy (non-hydrogen) atoms. The molecule has 100 valence electrons. The Morgan fingerprint density at radius 2 is 1.89 bits per heavy atom. The van der Waals surface area contributed by atoms with Gasteiger partial charge in [-0.2, -0.15) is 0 Å². The molecule has 2 nitrogen and oxygen atoms in total. The Bertz CT molecular complexity index is 424. The van der Waals surface area contributed by atoms with Crippen molar-refractivity contribution in [3.63, 3.8) is 0 Å². The first-order valence-corrected chi connectivity index (χ1v) is 6.96. The second kappa shape index (κ2) is 5.38. The highest BCUT2D eigenvalue weighted by molar-refractivity contribution is 6.42. The SMILES string of the molecule is CC1CC(O)(Cc2cccc(Cl)c2Cl)CC(C)O1. The number of rotatable bonds is 2. The minimum absolute atomic E-state index is 0.0664. The first-order chi connectivity index (χ1) is 8.39. The van der Waals surface area contributed by atoms with Crippen molar-refractivity contribution in [3.8, 4) is 0 Å². The predicted octanol–water partition coefficient (Wildman–Crippen LogP) is 3.85. The molecule has 1 saturated heterocycles. The van der Waals surface area contributed by atoms with Gasteiger partial charge < -0.3 is 9.84 Å². The van der Waals surface area contributed by atoms with Crippen LogP contribution in [0.2, 0.25) is 10.0 Å². The van der Waals surface area contributed by atoms with Crippen LogP contribution in [0.1, 0.15) is 32.3 Å². The summed E-state index contributed by atoms with van der Waals surface area (Å²) in [6, 6.07) is 5.53. The molecule has 1 N–H and O–H groups in total. The van der Waals surface area contributed by atoms with Crippen molar-refractivity contribution in [1.29, 1.82) is 0 Å². The average molecular weight is 289 g/mol. The number of aliphatic hydroxyl groups is 1. The maximum atomic E-state index is 10.7. The van der Waals surface area contributed by atoms with E-state index >= 15 is 0 Å². The normalized spacial score (nSPS) is 32.5. The van der Waals surface area contributed by atoms with Gasteiger partial charge in [0.1, 0.15) is 0 Å². The maximum Gasteiger partial charge on any atom is 0.0737 e. The van der Waals surface area contributed by atoms with E-state index in [1.807, 2.05) is 26.0 Å². The third kappa shape index (κ3) is 3.18. The number of benzene rings is 1. The van der Waals surface area contributed by atoms with Crippen molar-refractivity contribution in [2.75, 3.05) is 0 Å². The highest BCUT2D eigenvalue weighted by Crippen LogP contribution is 2.35. The highest BCUT2D eigenvalue weighted by atomic mass is 35.5. The summed E-state index contributed by atoms with van der Waals surface area (Å²) in [6.45, 7) is 3.97. The van der Waals surface area contributed by atoms with Crippen LogP contribution in [-0.4, -0.2) is 22.9 Å². The van der Waals surface area contributed by atoms with E-state index in [0.29, 0.717) is 29.3 Å². The van der Waals surface area contributed by atoms with Crippen molar-refractivity contribution >= 4 is 23.2 Å². The lowest BCUT2D eigenvalue weighted by Crippen LogP contribution is -2.44. The molecule has 2 unspecified atom stereocenters. The zero-order valence-electron chi connectivity index (χ0n) is 10.6. The lowest BCUT2D eigenvalue weighted by atomic mass is 9.82. The van der Waals surface area contributed by atoms with Crippen LogP contribution in [0.25, 0.3) is 0 Å². The molecular formula is C14H18Cl2O2. The minimum Gasteiger partial charge on any atom is -0.389 e. The van der Waals surface area contributed by atoms with Crippen molar-refractivity contribution in [2.24, 2.45) is 0 Å². The second-order valence-electron chi connectivity index (χ2n) is 5.28. The Hall–Kier alpha value is -0.280. The van der Waals surface area contributed by atoms with E-state index in [4.69, 9.17) is 27.9 Å². The quantitative estimate of drug-likeness (QED) is 0.896. The number of hydrogen-bond donors (Lipinski definition) is 1. The summed E-state index contributed by atoms with van der Waals surface area (Å²) < 4.78 is 5.65. The zero-order valence-corrected chi connectivity index (χ0v) is 12.1. The Morgan fingerprint density at radius 3 is 2.50 bits per heavy atom. The number of halogens is 2. The van der Waals surface area contributed by atoms with Crippen LogP contribution in [0.5, 0.6) is 0 Å². The van der Waals surface area contributed by atoms with Crippen molar-refractivity contribution in [3.05, 3.63) is 33.8 Å². The fourth-order valence-corrected chi connectivity index (χ4v) is 3.22. The Balaban J connectivity index is 2.19. The Kier molecular flexibility index (Phi) is 4.22. The van der Waals surface area contributed by atoms with Crippen LogP contribution < -0.4 is 0 Å². The maximum absolute atomic E-state index is 10.7. The summed E-state index contributed by atoms with van der Waals surface area (Å²) in [5, 5.41) is 11.8. The summed E-state index contributed by atoms with van der Waals surface area (Å²) in [7, 11) is 0. The average Bonchev–Trinajstić information content (AvgIpc) is 2.22. The Labute approximate surface area is 118 Å². The van der Waals surface area contributed by atoms with Gasteiger partial charge in [0.05, 0.1) is 27.9 Å². The van der Waals surface area contributed by atoms with E-state index in [-0.39, 0.29) is 12.2 Å². The first-order valence-electron chi connectivity index (χ1n) is 6.20. The molecule has 0 aromatic heterocycles. The third-order valence-electron chi connectivity index (χ3n) is 3.35. The molecule has 0 saturated carbocycles. The van der Waals surface area contributed by atoms with Gasteiger partial charge in [0.25, 0.3) is 0 Å². The van der Waals surface area contributed by atoms with Crippen LogP contribution in [0, 0.1) is 0 Å². The smallest absolute Gasteiger partial charge is 0.0737 e. The lowest BCUT2D eigenvalue weighted by Gasteiger charge is -2.39. The van der Waals surface area contributed by atoms with Gasteiger partial charge in [0.2, 0.25) is 0 Å². The molecule has 1 heterocycles. The zero-order chi connectivity index (χ0) is 13.3. The molecule has 1 aromatic carbocycles. The van der Waals surface area contributed by atoms with Gasteiger partial charge in [-0.1, -0.05) is 35.3 Å². The van der Waals surface area contributed by atoms with E-state index in [2.05, 4.69) is 0 Å². The van der Waals surface area contributed by atoms with Crippen LogP contribution in [-0.2, 0) is 11.2 Å². The molecule has 0 amide bonds. The van der Waals surface area contributed by atoms with Gasteiger partial charge in [-0.25, -0.2) is 0 Å². The molecule has 1 aromatic rings. The lowest BCUT2D eigenvalue weighted by molar-refractivity contribution is -0.130. The van der Waals surface area contributed by atoms with Gasteiger partial charge in [-0.05, 0) is 25.5 Å². The van der Waals surface area contributed by atoms with E-state index in [1.165, 1.54) is 0 Å².